The molecule has 5 heteroatoms. The molecule has 0 aliphatic rings. The highest BCUT2D eigenvalue weighted by molar-refractivity contribution is 9.10. The van der Waals surface area contributed by atoms with Gasteiger partial charge in [-0.1, -0.05) is 17.7 Å². The van der Waals surface area contributed by atoms with Crippen molar-refractivity contribution in [2.45, 2.75) is 0 Å². The van der Waals surface area contributed by atoms with Crippen LogP contribution in [0.4, 0.5) is 5.69 Å². The summed E-state index contributed by atoms with van der Waals surface area (Å²) >= 11 is 10.8. The van der Waals surface area contributed by atoms with Crippen LogP contribution in [-0.2, 0) is 0 Å². The molecule has 0 atom stereocenters. The zero-order valence-corrected chi connectivity index (χ0v) is 11.2. The Labute approximate surface area is 110 Å². The molecule has 16 heavy (non-hydrogen) atoms. The minimum atomic E-state index is -0.204. The van der Waals surface area contributed by atoms with E-state index in [0.29, 0.717) is 15.1 Å². The van der Waals surface area contributed by atoms with Gasteiger partial charge in [-0.05, 0) is 39.5 Å². The van der Waals surface area contributed by atoms with Crippen LogP contribution in [0.2, 0.25) is 5.02 Å². The minimum absolute atomic E-state index is 0.204. The molecular weight excluding hydrogens is 310 g/mol. The van der Waals surface area contributed by atoms with Crippen LogP contribution in [0.5, 0.6) is 0 Å². The number of rotatable bonds is 2. The first kappa shape index (κ1) is 11.6. The van der Waals surface area contributed by atoms with E-state index >= 15 is 0 Å². The highest BCUT2D eigenvalue weighted by Gasteiger charge is 2.12. The summed E-state index contributed by atoms with van der Waals surface area (Å²) in [4.78, 5) is 11.9. The van der Waals surface area contributed by atoms with Crippen LogP contribution in [0.15, 0.2) is 39.5 Å². The monoisotopic (exact) mass is 315 g/mol. The summed E-state index contributed by atoms with van der Waals surface area (Å²) < 4.78 is 0.715. The molecule has 82 valence electrons. The number of carbonyl (C=O) groups excluding carboxylic acids is 1. The van der Waals surface area contributed by atoms with E-state index in [9.17, 15) is 4.79 Å². The van der Waals surface area contributed by atoms with Gasteiger partial charge in [-0.25, -0.2) is 0 Å². The topological polar surface area (TPSA) is 29.1 Å². The summed E-state index contributed by atoms with van der Waals surface area (Å²) in [7, 11) is 0. The molecule has 0 unspecified atom stereocenters. The van der Waals surface area contributed by atoms with Crippen LogP contribution < -0.4 is 5.32 Å². The lowest BCUT2D eigenvalue weighted by Gasteiger charge is -2.05. The predicted molar refractivity (Wildman–Crippen MR) is 71.4 cm³/mol. The lowest BCUT2D eigenvalue weighted by Crippen LogP contribution is -2.11. The summed E-state index contributed by atoms with van der Waals surface area (Å²) in [6.07, 6.45) is 0. The predicted octanol–water partition coefficient (Wildman–Crippen LogP) is 4.42. The molecule has 1 amide bonds. The number of benzene rings is 1. The van der Waals surface area contributed by atoms with Crippen molar-refractivity contribution >= 4 is 50.5 Å². The second-order valence-electron chi connectivity index (χ2n) is 3.07. The third kappa shape index (κ3) is 2.45. The van der Waals surface area contributed by atoms with Crippen molar-refractivity contribution in [2.24, 2.45) is 0 Å². The van der Waals surface area contributed by atoms with Crippen molar-refractivity contribution in [1.29, 1.82) is 0 Å². The number of hydrogen-bond donors (Lipinski definition) is 1. The second-order valence-corrected chi connectivity index (χ2v) is 5.08. The van der Waals surface area contributed by atoms with Crippen molar-refractivity contribution in [1.82, 2.24) is 0 Å². The Hall–Kier alpha value is -0.840. The Kier molecular flexibility index (Phi) is 3.63. The highest BCUT2D eigenvalue weighted by Crippen LogP contribution is 2.26. The van der Waals surface area contributed by atoms with E-state index in [0.717, 1.165) is 5.69 Å². The molecule has 2 aromatic rings. The van der Waals surface area contributed by atoms with Crippen LogP contribution >= 0.6 is 38.9 Å². The molecule has 2 rings (SSSR count). The van der Waals surface area contributed by atoms with Gasteiger partial charge in [0.15, 0.2) is 0 Å². The maximum Gasteiger partial charge on any atom is 0.257 e. The number of amides is 1. The third-order valence-electron chi connectivity index (χ3n) is 1.98. The molecule has 0 bridgehead atoms. The fourth-order valence-corrected chi connectivity index (χ4v) is 2.38. The van der Waals surface area contributed by atoms with Gasteiger partial charge in [-0.15, -0.1) is 0 Å². The number of nitrogens with one attached hydrogen (secondary N) is 1. The number of carbonyl (C=O) groups is 1. The van der Waals surface area contributed by atoms with Crippen LogP contribution in [0.3, 0.4) is 0 Å². The van der Waals surface area contributed by atoms with Crippen LogP contribution in [0.1, 0.15) is 10.4 Å². The number of anilines is 1. The van der Waals surface area contributed by atoms with Crippen LogP contribution in [0, 0.1) is 0 Å². The molecule has 1 heterocycles. The van der Waals surface area contributed by atoms with Gasteiger partial charge in [0.2, 0.25) is 0 Å². The highest BCUT2D eigenvalue weighted by atomic mass is 79.9. The first-order chi connectivity index (χ1) is 7.68. The number of thiophene rings is 1. The van der Waals surface area contributed by atoms with E-state index in [2.05, 4.69) is 21.2 Å². The SMILES string of the molecule is O=C(Nc1ccsc1)c1cccc(Br)c1Cl. The van der Waals surface area contributed by atoms with E-state index in [1.165, 1.54) is 11.3 Å². The Morgan fingerprint density at radius 1 is 1.38 bits per heavy atom. The maximum atomic E-state index is 11.9. The van der Waals surface area contributed by atoms with Gasteiger partial charge < -0.3 is 5.32 Å². The zero-order valence-electron chi connectivity index (χ0n) is 8.04. The summed E-state index contributed by atoms with van der Waals surface area (Å²) in [6, 6.07) is 7.10. The fraction of sp³-hybridized carbons (Fsp3) is 0. The van der Waals surface area contributed by atoms with Gasteiger partial charge in [0.1, 0.15) is 0 Å². The van der Waals surface area contributed by atoms with Gasteiger partial charge in [0.25, 0.3) is 5.91 Å². The molecular formula is C11H7BrClNOS. The molecule has 0 saturated heterocycles. The molecule has 2 nitrogen and oxygen atoms in total. The molecule has 0 radical (unpaired) electrons. The lowest BCUT2D eigenvalue weighted by atomic mass is 10.2. The Morgan fingerprint density at radius 3 is 2.88 bits per heavy atom. The first-order valence-electron chi connectivity index (χ1n) is 4.46. The van der Waals surface area contributed by atoms with Crippen LogP contribution in [0.25, 0.3) is 0 Å². The van der Waals surface area contributed by atoms with E-state index in [4.69, 9.17) is 11.6 Å². The lowest BCUT2D eigenvalue weighted by molar-refractivity contribution is 0.102. The molecule has 0 aliphatic carbocycles. The molecule has 1 N–H and O–H groups in total. The average molecular weight is 317 g/mol. The third-order valence-corrected chi connectivity index (χ3v) is 3.95. The Morgan fingerprint density at radius 2 is 2.19 bits per heavy atom. The van der Waals surface area contributed by atoms with Gasteiger partial charge >= 0.3 is 0 Å². The normalized spacial score (nSPS) is 10.1. The van der Waals surface area contributed by atoms with Gasteiger partial charge in [0.05, 0.1) is 16.3 Å². The number of hydrogen-bond acceptors (Lipinski definition) is 2. The quantitative estimate of drug-likeness (QED) is 0.873. The van der Waals surface area contributed by atoms with Crippen molar-refractivity contribution in [2.75, 3.05) is 5.32 Å². The van der Waals surface area contributed by atoms with Crippen molar-refractivity contribution in [3.05, 3.63) is 50.1 Å². The van der Waals surface area contributed by atoms with Crippen LogP contribution in [-0.4, -0.2) is 5.91 Å². The van der Waals surface area contributed by atoms with E-state index in [1.807, 2.05) is 16.8 Å². The maximum absolute atomic E-state index is 11.9. The minimum Gasteiger partial charge on any atom is -0.321 e. The molecule has 0 saturated carbocycles. The van der Waals surface area contributed by atoms with E-state index in [1.54, 1.807) is 18.2 Å². The molecule has 0 aliphatic heterocycles. The van der Waals surface area contributed by atoms with E-state index < -0.39 is 0 Å². The summed E-state index contributed by atoms with van der Waals surface area (Å²) in [6.45, 7) is 0. The Balaban J connectivity index is 2.24. The van der Waals surface area contributed by atoms with Crippen molar-refractivity contribution < 1.29 is 4.79 Å². The van der Waals surface area contributed by atoms with Crippen molar-refractivity contribution in [3.8, 4) is 0 Å². The summed E-state index contributed by atoms with van der Waals surface area (Å²) in [5, 5.41) is 6.96. The first-order valence-corrected chi connectivity index (χ1v) is 6.57. The van der Waals surface area contributed by atoms with Gasteiger partial charge in [-0.2, -0.15) is 11.3 Å². The van der Waals surface area contributed by atoms with E-state index in [-0.39, 0.29) is 5.91 Å². The molecule has 1 aromatic carbocycles. The largest absolute Gasteiger partial charge is 0.321 e. The van der Waals surface area contributed by atoms with Gasteiger partial charge in [0, 0.05) is 9.85 Å². The second kappa shape index (κ2) is 4.99. The average Bonchev–Trinajstić information content (AvgIpc) is 2.74. The van der Waals surface area contributed by atoms with Crippen molar-refractivity contribution in [3.63, 3.8) is 0 Å². The summed E-state index contributed by atoms with van der Waals surface area (Å²) in [5.41, 5.74) is 1.24. The zero-order chi connectivity index (χ0) is 11.5. The van der Waals surface area contributed by atoms with Gasteiger partial charge in [-0.3, -0.25) is 4.79 Å². The fourth-order valence-electron chi connectivity index (χ4n) is 1.21. The smallest absolute Gasteiger partial charge is 0.257 e. The molecule has 0 fully saturated rings. The molecule has 0 spiro atoms. The summed E-state index contributed by atoms with van der Waals surface area (Å²) in [5.74, 6) is -0.204. The Bertz CT molecular complexity index is 513. The number of halogens is 2. The molecule has 1 aromatic heterocycles. The standard InChI is InChI=1S/C11H7BrClNOS/c12-9-3-1-2-8(10(9)13)11(15)14-7-4-5-16-6-7/h1-6H,(H,14,15).